The molecule has 1 aromatic carbocycles. The van der Waals surface area contributed by atoms with Crippen molar-refractivity contribution in [3.8, 4) is 0 Å². The van der Waals surface area contributed by atoms with E-state index >= 15 is 0 Å². The van der Waals surface area contributed by atoms with Crippen LogP contribution in [0.3, 0.4) is 0 Å². The molecule has 2 aromatic rings. The van der Waals surface area contributed by atoms with Gasteiger partial charge >= 0.3 is 0 Å². The van der Waals surface area contributed by atoms with Crippen molar-refractivity contribution in [2.45, 2.75) is 45.3 Å². The van der Waals surface area contributed by atoms with E-state index in [2.05, 4.69) is 17.3 Å². The van der Waals surface area contributed by atoms with Gasteiger partial charge in [0.15, 0.2) is 5.82 Å². The summed E-state index contributed by atoms with van der Waals surface area (Å²) < 4.78 is 1.97. The molecular weight excluding hydrogens is 290 g/mol. The van der Waals surface area contributed by atoms with E-state index in [-0.39, 0.29) is 0 Å². The lowest BCUT2D eigenvalue weighted by molar-refractivity contribution is -0.123. The number of hydrogen-bond acceptors (Lipinski definition) is 3. The van der Waals surface area contributed by atoms with E-state index in [0.717, 1.165) is 11.3 Å². The number of carbonyl (C=O) groups is 1. The molecule has 1 aliphatic carbocycles. The van der Waals surface area contributed by atoms with E-state index < -0.39 is 12.0 Å². The van der Waals surface area contributed by atoms with Crippen LogP contribution in [0.5, 0.6) is 0 Å². The molecule has 5 heteroatoms. The number of aliphatic hydroxyl groups excluding tert-OH is 1. The van der Waals surface area contributed by atoms with Crippen molar-refractivity contribution in [3.63, 3.8) is 0 Å². The van der Waals surface area contributed by atoms with E-state index in [9.17, 15) is 9.90 Å². The largest absolute Gasteiger partial charge is 0.383 e. The quantitative estimate of drug-likeness (QED) is 0.861. The second kappa shape index (κ2) is 6.54. The molecule has 1 aliphatic rings. The summed E-state index contributed by atoms with van der Waals surface area (Å²) in [5, 5.41) is 17.3. The van der Waals surface area contributed by atoms with Gasteiger partial charge in [0.05, 0.1) is 6.04 Å². The molecule has 122 valence electrons. The van der Waals surface area contributed by atoms with Crippen LogP contribution in [0.15, 0.2) is 36.4 Å². The Morgan fingerprint density at radius 2 is 2.09 bits per heavy atom. The first-order valence-electron chi connectivity index (χ1n) is 8.13. The lowest BCUT2D eigenvalue weighted by Gasteiger charge is -2.13. The van der Waals surface area contributed by atoms with Crippen LogP contribution in [0.25, 0.3) is 0 Å². The molecule has 0 unspecified atom stereocenters. The van der Waals surface area contributed by atoms with Gasteiger partial charge < -0.3 is 10.4 Å². The standard InChI is InChI=1S/C18H23N3O2/c1-12-10-17(20-21(12)13(2)15-8-9-15)19-18(23)16(22)11-14-6-4-3-5-7-14/h3-7,10,13,15-16,22H,8-9,11H2,1-2H3,(H,19,20,23)/t13-,16-/m0/s1. The number of amides is 1. The summed E-state index contributed by atoms with van der Waals surface area (Å²) in [5.41, 5.74) is 1.96. The Bertz CT molecular complexity index is 677. The number of aryl methyl sites for hydroxylation is 1. The molecule has 5 nitrogen and oxygen atoms in total. The lowest BCUT2D eigenvalue weighted by atomic mass is 10.1. The van der Waals surface area contributed by atoms with Gasteiger partial charge in [-0.1, -0.05) is 30.3 Å². The molecule has 1 saturated carbocycles. The second-order valence-corrected chi connectivity index (χ2v) is 6.39. The molecule has 0 spiro atoms. The van der Waals surface area contributed by atoms with Crippen LogP contribution in [0.1, 0.15) is 37.1 Å². The van der Waals surface area contributed by atoms with Crippen molar-refractivity contribution in [2.75, 3.05) is 5.32 Å². The van der Waals surface area contributed by atoms with Crippen LogP contribution in [0, 0.1) is 12.8 Å². The van der Waals surface area contributed by atoms with Gasteiger partial charge in [-0.3, -0.25) is 9.48 Å². The third-order valence-corrected chi connectivity index (χ3v) is 4.44. The van der Waals surface area contributed by atoms with Crippen molar-refractivity contribution in [1.82, 2.24) is 9.78 Å². The summed E-state index contributed by atoms with van der Waals surface area (Å²) in [6.07, 6.45) is 1.71. The highest BCUT2D eigenvalue weighted by Gasteiger charge is 2.30. The van der Waals surface area contributed by atoms with Crippen LogP contribution in [-0.2, 0) is 11.2 Å². The normalized spacial score (nSPS) is 16.8. The van der Waals surface area contributed by atoms with E-state index in [1.807, 2.05) is 48.0 Å². The van der Waals surface area contributed by atoms with Crippen molar-refractivity contribution in [3.05, 3.63) is 47.7 Å². The Balaban J connectivity index is 1.62. The molecule has 0 radical (unpaired) electrons. The predicted molar refractivity (Wildman–Crippen MR) is 89.2 cm³/mol. The zero-order valence-electron chi connectivity index (χ0n) is 13.6. The first-order chi connectivity index (χ1) is 11.0. The van der Waals surface area contributed by atoms with Gasteiger partial charge in [0, 0.05) is 18.2 Å². The molecule has 23 heavy (non-hydrogen) atoms. The van der Waals surface area contributed by atoms with E-state index in [1.165, 1.54) is 12.8 Å². The van der Waals surface area contributed by atoms with Crippen LogP contribution < -0.4 is 5.32 Å². The zero-order valence-corrected chi connectivity index (χ0v) is 13.6. The summed E-state index contributed by atoms with van der Waals surface area (Å²) in [6, 6.07) is 11.7. The molecule has 2 N–H and O–H groups in total. The van der Waals surface area contributed by atoms with Gasteiger partial charge in [-0.15, -0.1) is 0 Å². The summed E-state index contributed by atoms with van der Waals surface area (Å²) >= 11 is 0. The highest BCUT2D eigenvalue weighted by Crippen LogP contribution is 2.39. The minimum atomic E-state index is -1.08. The number of carbonyl (C=O) groups excluding carboxylic acids is 1. The van der Waals surface area contributed by atoms with Crippen molar-refractivity contribution in [1.29, 1.82) is 0 Å². The van der Waals surface area contributed by atoms with Gasteiger partial charge in [-0.25, -0.2) is 0 Å². The van der Waals surface area contributed by atoms with E-state index in [1.54, 1.807) is 0 Å². The number of aliphatic hydroxyl groups is 1. The van der Waals surface area contributed by atoms with Crippen LogP contribution in [0.2, 0.25) is 0 Å². The fourth-order valence-corrected chi connectivity index (χ4v) is 2.88. The molecule has 0 aliphatic heterocycles. The molecule has 1 aromatic heterocycles. The monoisotopic (exact) mass is 313 g/mol. The molecule has 2 atom stereocenters. The number of hydrogen-bond donors (Lipinski definition) is 2. The number of benzene rings is 1. The second-order valence-electron chi connectivity index (χ2n) is 6.39. The van der Waals surface area contributed by atoms with E-state index in [0.29, 0.717) is 24.2 Å². The van der Waals surface area contributed by atoms with E-state index in [4.69, 9.17) is 0 Å². The Labute approximate surface area is 136 Å². The molecule has 3 rings (SSSR count). The average molecular weight is 313 g/mol. The molecule has 1 amide bonds. The third-order valence-electron chi connectivity index (χ3n) is 4.44. The van der Waals surface area contributed by atoms with Crippen molar-refractivity contribution in [2.24, 2.45) is 5.92 Å². The number of nitrogens with one attached hydrogen (secondary N) is 1. The topological polar surface area (TPSA) is 67.2 Å². The minimum absolute atomic E-state index is 0.296. The first-order valence-corrected chi connectivity index (χ1v) is 8.13. The van der Waals surface area contributed by atoms with Crippen LogP contribution >= 0.6 is 0 Å². The molecule has 1 fully saturated rings. The number of aromatic nitrogens is 2. The number of rotatable bonds is 6. The maximum atomic E-state index is 12.1. The Kier molecular flexibility index (Phi) is 4.48. The zero-order chi connectivity index (χ0) is 16.4. The number of anilines is 1. The van der Waals surface area contributed by atoms with Crippen LogP contribution in [-0.4, -0.2) is 26.9 Å². The Hall–Kier alpha value is -2.14. The molecule has 0 saturated heterocycles. The maximum Gasteiger partial charge on any atom is 0.254 e. The summed E-state index contributed by atoms with van der Waals surface area (Å²) in [4.78, 5) is 12.1. The van der Waals surface area contributed by atoms with Crippen molar-refractivity contribution < 1.29 is 9.90 Å². The lowest BCUT2D eigenvalue weighted by Crippen LogP contribution is -2.29. The highest BCUT2D eigenvalue weighted by molar-refractivity contribution is 5.93. The van der Waals surface area contributed by atoms with Gasteiger partial charge in [-0.05, 0) is 38.2 Å². The Morgan fingerprint density at radius 1 is 1.39 bits per heavy atom. The molecular formula is C18H23N3O2. The summed E-state index contributed by atoms with van der Waals surface area (Å²) in [7, 11) is 0. The SMILES string of the molecule is Cc1cc(NC(=O)[C@@H](O)Cc2ccccc2)nn1[C@@H](C)C1CC1. The Morgan fingerprint density at radius 3 is 2.74 bits per heavy atom. The molecule has 1 heterocycles. The van der Waals surface area contributed by atoms with Gasteiger partial charge in [0.2, 0.25) is 0 Å². The summed E-state index contributed by atoms with van der Waals surface area (Å²) in [5.74, 6) is 0.783. The average Bonchev–Trinajstić information content (AvgIpc) is 3.32. The van der Waals surface area contributed by atoms with Gasteiger partial charge in [0.1, 0.15) is 6.10 Å². The maximum absolute atomic E-state index is 12.1. The third kappa shape index (κ3) is 3.79. The highest BCUT2D eigenvalue weighted by atomic mass is 16.3. The van der Waals surface area contributed by atoms with Gasteiger partial charge in [0.25, 0.3) is 5.91 Å². The van der Waals surface area contributed by atoms with Crippen LogP contribution in [0.4, 0.5) is 5.82 Å². The minimum Gasteiger partial charge on any atom is -0.383 e. The molecule has 0 bridgehead atoms. The predicted octanol–water partition coefficient (Wildman–Crippen LogP) is 2.70. The fourth-order valence-electron chi connectivity index (χ4n) is 2.88. The fraction of sp³-hybridized carbons (Fsp3) is 0.444. The smallest absolute Gasteiger partial charge is 0.254 e. The number of nitrogens with zero attached hydrogens (tertiary/aromatic N) is 2. The van der Waals surface area contributed by atoms with Crippen molar-refractivity contribution >= 4 is 11.7 Å². The van der Waals surface area contributed by atoms with Gasteiger partial charge in [-0.2, -0.15) is 5.10 Å². The summed E-state index contributed by atoms with van der Waals surface area (Å²) in [6.45, 7) is 4.15. The first kappa shape index (κ1) is 15.7.